The van der Waals surface area contributed by atoms with Gasteiger partial charge in [0.2, 0.25) is 11.8 Å². The Balaban J connectivity index is 0.00000225. The van der Waals surface area contributed by atoms with E-state index in [0.717, 1.165) is 0 Å². The quantitative estimate of drug-likeness (QED) is 0.612. The third-order valence-corrected chi connectivity index (χ3v) is 5.99. The summed E-state index contributed by atoms with van der Waals surface area (Å²) in [6.07, 6.45) is 0. The van der Waals surface area contributed by atoms with Gasteiger partial charge in [-0.2, -0.15) is 0 Å². The van der Waals surface area contributed by atoms with Crippen LogP contribution >= 0.6 is 11.8 Å². The molecule has 9 heteroatoms. The van der Waals surface area contributed by atoms with Gasteiger partial charge < -0.3 is 26.5 Å². The first-order valence-corrected chi connectivity index (χ1v) is 8.45. The van der Waals surface area contributed by atoms with Gasteiger partial charge in [-0.05, 0) is 19.4 Å². The highest BCUT2D eigenvalue weighted by molar-refractivity contribution is 8.01. The van der Waals surface area contributed by atoms with Crippen molar-refractivity contribution >= 4 is 29.5 Å². The molecule has 1 aromatic carbocycles. The summed E-state index contributed by atoms with van der Waals surface area (Å²) in [5.41, 5.74) is 6.59. The minimum atomic E-state index is -1.03. The van der Waals surface area contributed by atoms with E-state index in [2.05, 4.69) is 5.32 Å². The first-order chi connectivity index (χ1) is 11.2. The average molecular weight is 367 g/mol. The number of fused-ring (bicyclic) bond motifs is 1. The molecule has 0 bridgehead atoms. The largest absolute Gasteiger partial charge is 0.480 e. The van der Waals surface area contributed by atoms with Gasteiger partial charge in [-0.1, -0.05) is 30.3 Å². The number of aliphatic carboxylic acids is 1. The zero-order valence-electron chi connectivity index (χ0n) is 13.8. The average Bonchev–Trinajstić information content (AvgIpc) is 2.80. The van der Waals surface area contributed by atoms with Crippen LogP contribution in [0.3, 0.4) is 0 Å². The van der Waals surface area contributed by atoms with Gasteiger partial charge in [0.05, 0.1) is 0 Å². The summed E-state index contributed by atoms with van der Waals surface area (Å²) in [4.78, 5) is 37.5. The van der Waals surface area contributed by atoms with E-state index in [1.54, 1.807) is 38.1 Å². The second-order valence-corrected chi connectivity index (χ2v) is 8.24. The number of nitrogens with two attached hydrogens (primary N) is 1. The minimum absolute atomic E-state index is 0. The molecule has 0 aromatic heterocycles. The van der Waals surface area contributed by atoms with Crippen LogP contribution in [0.5, 0.6) is 0 Å². The molecule has 2 saturated heterocycles. The summed E-state index contributed by atoms with van der Waals surface area (Å²) < 4.78 is -0.618. The van der Waals surface area contributed by atoms with Gasteiger partial charge in [0, 0.05) is 4.75 Å². The van der Waals surface area contributed by atoms with E-state index < -0.39 is 34.7 Å². The Hall–Kier alpha value is -2.10. The van der Waals surface area contributed by atoms with Gasteiger partial charge in [0.25, 0.3) is 0 Å². The number of amides is 2. The van der Waals surface area contributed by atoms with E-state index in [1.807, 2.05) is 6.07 Å². The van der Waals surface area contributed by atoms with Gasteiger partial charge >= 0.3 is 5.97 Å². The van der Waals surface area contributed by atoms with Crippen LogP contribution in [-0.2, 0) is 14.4 Å². The summed E-state index contributed by atoms with van der Waals surface area (Å²) in [6.45, 7) is 3.58. The molecule has 25 heavy (non-hydrogen) atoms. The molecule has 2 fully saturated rings. The predicted molar refractivity (Wildman–Crippen MR) is 92.6 cm³/mol. The molecular weight excluding hydrogens is 346 g/mol. The van der Waals surface area contributed by atoms with Crippen LogP contribution in [-0.4, -0.2) is 55.5 Å². The fourth-order valence-corrected chi connectivity index (χ4v) is 4.83. The number of β-lactam (4-membered cyclic amide) rings is 1. The Labute approximate surface area is 149 Å². The fraction of sp³-hybridized carbons (Fsp3) is 0.438. The predicted octanol–water partition coefficient (Wildman–Crippen LogP) is -0.507. The van der Waals surface area contributed by atoms with E-state index >= 15 is 0 Å². The fourth-order valence-electron chi connectivity index (χ4n) is 3.20. The van der Waals surface area contributed by atoms with Gasteiger partial charge in [-0.25, -0.2) is 4.79 Å². The van der Waals surface area contributed by atoms with Gasteiger partial charge in [-0.15, -0.1) is 11.8 Å². The summed E-state index contributed by atoms with van der Waals surface area (Å²) in [5, 5.41) is 11.7. The first kappa shape index (κ1) is 19.2. The lowest BCUT2D eigenvalue weighted by Crippen LogP contribution is -2.71. The Morgan fingerprint density at radius 3 is 2.48 bits per heavy atom. The summed E-state index contributed by atoms with van der Waals surface area (Å²) in [5.74, 6) is -1.86. The van der Waals surface area contributed by atoms with Crippen LogP contribution in [0.15, 0.2) is 30.3 Å². The maximum Gasteiger partial charge on any atom is 0.327 e. The van der Waals surface area contributed by atoms with E-state index in [4.69, 9.17) is 5.73 Å². The molecule has 1 aromatic rings. The van der Waals surface area contributed by atoms with E-state index in [9.17, 15) is 19.5 Å². The second-order valence-electron chi connectivity index (χ2n) is 6.47. The van der Waals surface area contributed by atoms with E-state index in [-0.39, 0.29) is 16.8 Å². The molecule has 2 heterocycles. The normalized spacial score (nSPS) is 27.6. The number of hydrogen-bond donors (Lipinski definition) is 3. The molecule has 0 spiro atoms. The number of nitrogens with one attached hydrogen (secondary N) is 1. The molecule has 0 radical (unpaired) electrons. The highest BCUT2D eigenvalue weighted by Crippen LogP contribution is 2.50. The lowest BCUT2D eigenvalue weighted by Gasteiger charge is -2.43. The maximum absolute atomic E-state index is 12.3. The van der Waals surface area contributed by atoms with Gasteiger partial charge in [0.1, 0.15) is 23.5 Å². The standard InChI is InChI=1S/C16H19N3O4S.H2O/c1-16(2)11(15(22)23)19-13(21)10(14(19)24-16)18-12(20)9(17)8-6-4-3-5-7-8;/h3-7,9-11,14H,17H2,1-2H3,(H,18,20)(H,22,23);1H2. The zero-order valence-corrected chi connectivity index (χ0v) is 14.6. The van der Waals surface area contributed by atoms with E-state index in [0.29, 0.717) is 5.56 Å². The van der Waals surface area contributed by atoms with Crippen molar-refractivity contribution in [2.45, 2.75) is 42.1 Å². The Bertz CT molecular complexity index is 696. The molecule has 6 N–H and O–H groups in total. The van der Waals surface area contributed by atoms with Crippen molar-refractivity contribution in [2.75, 3.05) is 0 Å². The number of carbonyl (C=O) groups is 3. The SMILES string of the molecule is CC1(C)SC2C(NC(=O)C(N)c3ccccc3)C(=O)N2C1C(=O)O.O. The maximum atomic E-state index is 12.3. The third kappa shape index (κ3) is 3.10. The van der Waals surface area contributed by atoms with Crippen LogP contribution in [0.25, 0.3) is 0 Å². The van der Waals surface area contributed by atoms with Crippen LogP contribution in [0.4, 0.5) is 0 Å². The lowest BCUT2D eigenvalue weighted by atomic mass is 9.95. The molecule has 0 aliphatic carbocycles. The molecule has 8 nitrogen and oxygen atoms in total. The summed E-state index contributed by atoms with van der Waals surface area (Å²) in [6, 6.07) is 6.38. The van der Waals surface area contributed by atoms with Crippen molar-refractivity contribution in [1.29, 1.82) is 0 Å². The smallest absolute Gasteiger partial charge is 0.327 e. The van der Waals surface area contributed by atoms with Crippen molar-refractivity contribution in [2.24, 2.45) is 5.73 Å². The van der Waals surface area contributed by atoms with Crippen molar-refractivity contribution in [1.82, 2.24) is 10.2 Å². The molecule has 4 atom stereocenters. The van der Waals surface area contributed by atoms with Crippen LogP contribution in [0.1, 0.15) is 25.5 Å². The number of thioether (sulfide) groups is 1. The Morgan fingerprint density at radius 2 is 1.92 bits per heavy atom. The zero-order chi connectivity index (χ0) is 17.6. The number of nitrogens with zero attached hydrogens (tertiary/aromatic N) is 1. The minimum Gasteiger partial charge on any atom is -0.480 e. The van der Waals surface area contributed by atoms with Crippen LogP contribution in [0, 0.1) is 0 Å². The number of carboxylic acid groups (broad SMARTS) is 1. The molecule has 3 rings (SSSR count). The highest BCUT2D eigenvalue weighted by atomic mass is 32.2. The molecule has 4 unspecified atom stereocenters. The van der Waals surface area contributed by atoms with Gasteiger partial charge in [-0.3, -0.25) is 9.59 Å². The third-order valence-electron chi connectivity index (χ3n) is 4.41. The number of hydrogen-bond acceptors (Lipinski definition) is 5. The molecule has 0 saturated carbocycles. The molecule has 2 aliphatic heterocycles. The summed E-state index contributed by atoms with van der Waals surface area (Å²) >= 11 is 1.38. The monoisotopic (exact) mass is 367 g/mol. The van der Waals surface area contributed by atoms with Crippen LogP contribution < -0.4 is 11.1 Å². The van der Waals surface area contributed by atoms with E-state index in [1.165, 1.54) is 16.7 Å². The van der Waals surface area contributed by atoms with Crippen molar-refractivity contribution < 1.29 is 25.0 Å². The second kappa shape index (κ2) is 6.66. The number of carbonyl (C=O) groups excluding carboxylic acids is 2. The number of rotatable bonds is 4. The highest BCUT2D eigenvalue weighted by Gasteiger charge is 2.64. The molecule has 136 valence electrons. The van der Waals surface area contributed by atoms with Crippen molar-refractivity contribution in [3.63, 3.8) is 0 Å². The molecule has 2 aliphatic rings. The number of carboxylic acids is 1. The van der Waals surface area contributed by atoms with Crippen LogP contribution in [0.2, 0.25) is 0 Å². The topological polar surface area (TPSA) is 144 Å². The van der Waals surface area contributed by atoms with Crippen molar-refractivity contribution in [3.8, 4) is 0 Å². The lowest BCUT2D eigenvalue weighted by molar-refractivity contribution is -0.161. The first-order valence-electron chi connectivity index (χ1n) is 7.58. The molecular formula is C16H21N3O5S. The van der Waals surface area contributed by atoms with Crippen molar-refractivity contribution in [3.05, 3.63) is 35.9 Å². The van der Waals surface area contributed by atoms with Gasteiger partial charge in [0.15, 0.2) is 0 Å². The molecule has 2 amide bonds. The Kier molecular flexibility index (Phi) is 5.12. The summed E-state index contributed by atoms with van der Waals surface area (Å²) in [7, 11) is 0. The number of benzene rings is 1. The Morgan fingerprint density at radius 1 is 1.32 bits per heavy atom.